The van der Waals surface area contributed by atoms with Crippen LogP contribution in [-0.2, 0) is 17.7 Å². The predicted octanol–water partition coefficient (Wildman–Crippen LogP) is 6.02. The molecule has 0 radical (unpaired) electrons. The van der Waals surface area contributed by atoms with Gasteiger partial charge in [0, 0.05) is 37.5 Å². The monoisotopic (exact) mass is 370 g/mol. The lowest BCUT2D eigenvalue weighted by Gasteiger charge is -2.12. The van der Waals surface area contributed by atoms with E-state index in [1.165, 1.54) is 17.4 Å². The summed E-state index contributed by atoms with van der Waals surface area (Å²) in [5, 5.41) is 1.26. The summed E-state index contributed by atoms with van der Waals surface area (Å²) in [6, 6.07) is 2.09. The summed E-state index contributed by atoms with van der Waals surface area (Å²) in [6.45, 7) is 10.4. The minimum atomic E-state index is -0.171. The Bertz CT molecular complexity index is 755. The molecule has 3 rings (SSSR count). The lowest BCUT2D eigenvalue weighted by Crippen LogP contribution is -2.04. The third-order valence-electron chi connectivity index (χ3n) is 4.83. The zero-order valence-corrected chi connectivity index (χ0v) is 16.4. The Kier molecular flexibility index (Phi) is 8.99. The van der Waals surface area contributed by atoms with Gasteiger partial charge in [-0.3, -0.25) is 4.98 Å². The normalized spacial score (nSPS) is 18.3. The van der Waals surface area contributed by atoms with E-state index in [1.54, 1.807) is 12.2 Å². The largest absolute Gasteiger partial charge is 0.381 e. The number of allylic oxidation sites excluding steroid dienone is 4. The van der Waals surface area contributed by atoms with Gasteiger partial charge in [0.1, 0.15) is 5.83 Å². The molecule has 2 aromatic heterocycles. The fraction of sp³-hybridized carbons (Fsp3) is 0.435. The van der Waals surface area contributed by atoms with Gasteiger partial charge in [0.25, 0.3) is 0 Å². The van der Waals surface area contributed by atoms with Gasteiger partial charge in [0.05, 0.1) is 11.7 Å². The van der Waals surface area contributed by atoms with Crippen LogP contribution in [0.25, 0.3) is 10.9 Å². The molecular weight excluding hydrogens is 339 g/mol. The van der Waals surface area contributed by atoms with Crippen LogP contribution in [0.5, 0.6) is 0 Å². The predicted molar refractivity (Wildman–Crippen MR) is 111 cm³/mol. The van der Waals surface area contributed by atoms with Crippen molar-refractivity contribution in [2.75, 3.05) is 13.2 Å². The van der Waals surface area contributed by atoms with Gasteiger partial charge in [-0.25, -0.2) is 4.39 Å². The average Bonchev–Trinajstić information content (AvgIpc) is 2.85. The van der Waals surface area contributed by atoms with E-state index in [2.05, 4.69) is 35.0 Å². The van der Waals surface area contributed by atoms with Crippen molar-refractivity contribution in [3.8, 4) is 0 Å². The van der Waals surface area contributed by atoms with Crippen LogP contribution in [0.4, 0.5) is 4.39 Å². The first kappa shape index (κ1) is 21.1. The van der Waals surface area contributed by atoms with Crippen molar-refractivity contribution < 1.29 is 9.13 Å². The second-order valence-corrected chi connectivity index (χ2v) is 6.71. The van der Waals surface area contributed by atoms with Crippen molar-refractivity contribution in [3.05, 3.63) is 67.4 Å². The summed E-state index contributed by atoms with van der Waals surface area (Å²) < 4.78 is 21.3. The highest BCUT2D eigenvalue weighted by Crippen LogP contribution is 2.27. The molecule has 4 heteroatoms. The molecule has 0 bridgehead atoms. The molecule has 0 amide bonds. The van der Waals surface area contributed by atoms with Crippen LogP contribution in [-0.4, -0.2) is 22.8 Å². The van der Waals surface area contributed by atoms with Crippen LogP contribution < -0.4 is 0 Å². The molecule has 3 nitrogen and oxygen atoms in total. The molecule has 1 atom stereocenters. The summed E-state index contributed by atoms with van der Waals surface area (Å²) in [5.41, 5.74) is 2.48. The van der Waals surface area contributed by atoms with E-state index in [9.17, 15) is 4.39 Å². The zero-order valence-electron chi connectivity index (χ0n) is 16.4. The molecular formula is C23H31FN2O. The Morgan fingerprint density at radius 1 is 1.37 bits per heavy atom. The van der Waals surface area contributed by atoms with E-state index in [0.717, 1.165) is 38.0 Å². The smallest absolute Gasteiger partial charge is 0.118 e. The van der Waals surface area contributed by atoms with Gasteiger partial charge in [0.15, 0.2) is 0 Å². The third-order valence-corrected chi connectivity index (χ3v) is 4.83. The Morgan fingerprint density at radius 2 is 2.22 bits per heavy atom. The standard InChI is InChI=1S/C21H27FN2O.C2H4/c1-2-5-19(22)7-3-11-24-16-18(20-8-10-23-15-21(20)24)14-17-6-4-12-25-13-9-17;1-2/h3,5,7-8,10,15-17H,2,4,6,9,11-14H2,1H3;1-2H2/b7-3-,19-5+;. The van der Waals surface area contributed by atoms with Crippen LogP contribution in [0.2, 0.25) is 0 Å². The van der Waals surface area contributed by atoms with Crippen molar-refractivity contribution in [2.24, 2.45) is 5.92 Å². The molecule has 27 heavy (non-hydrogen) atoms. The van der Waals surface area contributed by atoms with Gasteiger partial charge in [-0.05, 0) is 61.8 Å². The van der Waals surface area contributed by atoms with E-state index in [1.807, 2.05) is 25.4 Å². The SMILES string of the molecule is C=C.CC/C=C(F)\C=C/Cn1cc(CC2CCCOCC2)c2ccncc21. The molecule has 0 spiro atoms. The number of fused-ring (bicyclic) bond motifs is 1. The van der Waals surface area contributed by atoms with Crippen LogP contribution in [0, 0.1) is 5.92 Å². The fourth-order valence-corrected chi connectivity index (χ4v) is 3.55. The molecule has 1 aliphatic heterocycles. The maximum atomic E-state index is 13.5. The summed E-state index contributed by atoms with van der Waals surface area (Å²) in [5.74, 6) is 0.506. The third kappa shape index (κ3) is 6.17. The number of hydrogen-bond acceptors (Lipinski definition) is 2. The molecule has 3 heterocycles. The van der Waals surface area contributed by atoms with Crippen molar-refractivity contribution in [3.63, 3.8) is 0 Å². The van der Waals surface area contributed by atoms with Gasteiger partial charge in [-0.2, -0.15) is 0 Å². The number of pyridine rings is 1. The van der Waals surface area contributed by atoms with Crippen molar-refractivity contribution in [2.45, 2.75) is 45.6 Å². The Balaban J connectivity index is 0.00000126. The zero-order chi connectivity index (χ0) is 19.5. The Morgan fingerprint density at radius 3 is 3.04 bits per heavy atom. The number of nitrogens with zero attached hydrogens (tertiary/aromatic N) is 2. The highest BCUT2D eigenvalue weighted by atomic mass is 19.1. The second kappa shape index (κ2) is 11.5. The fourth-order valence-electron chi connectivity index (χ4n) is 3.55. The maximum Gasteiger partial charge on any atom is 0.118 e. The lowest BCUT2D eigenvalue weighted by atomic mass is 9.93. The molecule has 1 fully saturated rings. The Labute approximate surface area is 162 Å². The first-order valence-corrected chi connectivity index (χ1v) is 9.79. The number of ether oxygens (including phenoxy) is 1. The molecule has 2 aromatic rings. The van der Waals surface area contributed by atoms with Crippen LogP contribution in [0.15, 0.2) is 61.9 Å². The summed E-state index contributed by atoms with van der Waals surface area (Å²) >= 11 is 0. The van der Waals surface area contributed by atoms with Crippen LogP contribution in [0.1, 0.15) is 38.2 Å². The van der Waals surface area contributed by atoms with E-state index in [0.29, 0.717) is 18.9 Å². The van der Waals surface area contributed by atoms with Crippen molar-refractivity contribution >= 4 is 10.9 Å². The van der Waals surface area contributed by atoms with Gasteiger partial charge in [-0.15, -0.1) is 13.2 Å². The number of rotatable bonds is 6. The van der Waals surface area contributed by atoms with Gasteiger partial charge in [-0.1, -0.05) is 13.0 Å². The van der Waals surface area contributed by atoms with Crippen molar-refractivity contribution in [1.29, 1.82) is 0 Å². The average molecular weight is 371 g/mol. The van der Waals surface area contributed by atoms with E-state index < -0.39 is 0 Å². The second-order valence-electron chi connectivity index (χ2n) is 6.71. The first-order chi connectivity index (χ1) is 13.3. The van der Waals surface area contributed by atoms with Crippen molar-refractivity contribution in [1.82, 2.24) is 9.55 Å². The quantitative estimate of drug-likeness (QED) is 0.459. The van der Waals surface area contributed by atoms with Gasteiger partial charge < -0.3 is 9.30 Å². The molecule has 0 saturated carbocycles. The minimum Gasteiger partial charge on any atom is -0.381 e. The highest BCUT2D eigenvalue weighted by Gasteiger charge is 2.16. The molecule has 1 aliphatic rings. The number of halogens is 1. The summed E-state index contributed by atoms with van der Waals surface area (Å²) in [7, 11) is 0. The first-order valence-electron chi connectivity index (χ1n) is 9.79. The molecule has 146 valence electrons. The number of hydrogen-bond donors (Lipinski definition) is 0. The van der Waals surface area contributed by atoms with E-state index >= 15 is 0 Å². The van der Waals surface area contributed by atoms with Crippen LogP contribution >= 0.6 is 0 Å². The van der Waals surface area contributed by atoms with Gasteiger partial charge in [0.2, 0.25) is 0 Å². The summed E-state index contributed by atoms with van der Waals surface area (Å²) in [6.07, 6.45) is 16.3. The highest BCUT2D eigenvalue weighted by molar-refractivity contribution is 5.83. The summed E-state index contributed by atoms with van der Waals surface area (Å²) in [4.78, 5) is 4.27. The van der Waals surface area contributed by atoms with Crippen LogP contribution in [0.3, 0.4) is 0 Å². The minimum absolute atomic E-state index is 0.171. The molecule has 1 saturated heterocycles. The lowest BCUT2D eigenvalue weighted by molar-refractivity contribution is 0.141. The molecule has 0 N–H and O–H groups in total. The van der Waals surface area contributed by atoms with Gasteiger partial charge >= 0.3 is 0 Å². The molecule has 0 aromatic carbocycles. The molecule has 1 unspecified atom stereocenters. The maximum absolute atomic E-state index is 13.5. The number of aromatic nitrogens is 2. The molecule has 0 aliphatic carbocycles. The Hall–Kier alpha value is -2.20. The van der Waals surface area contributed by atoms with E-state index in [4.69, 9.17) is 4.74 Å². The topological polar surface area (TPSA) is 27.1 Å². The van der Waals surface area contributed by atoms with E-state index in [-0.39, 0.29) is 5.83 Å².